The molecule has 0 aliphatic rings. The smallest absolute Gasteiger partial charge is 0.138 e. The van der Waals surface area contributed by atoms with Gasteiger partial charge in [0.2, 0.25) is 0 Å². The van der Waals surface area contributed by atoms with Crippen LogP contribution in [0.2, 0.25) is 0 Å². The Bertz CT molecular complexity index is 1010. The molecule has 162 valence electrons. The fourth-order valence-electron chi connectivity index (χ4n) is 3.35. The van der Waals surface area contributed by atoms with Crippen LogP contribution in [0, 0.1) is 6.92 Å². The lowest BCUT2D eigenvalue weighted by atomic mass is 10.0. The summed E-state index contributed by atoms with van der Waals surface area (Å²) in [5, 5.41) is 3.61. The van der Waals surface area contributed by atoms with Crippen LogP contribution in [0.1, 0.15) is 49.9 Å². The highest BCUT2D eigenvalue weighted by molar-refractivity contribution is 5.90. The Hall–Kier alpha value is -3.33. The third-order valence-electron chi connectivity index (χ3n) is 5.19. The second kappa shape index (κ2) is 11.2. The Labute approximate surface area is 188 Å². The highest BCUT2D eigenvalue weighted by Gasteiger charge is 2.16. The number of hydrogen-bond acceptors (Lipinski definition) is 3. The molecular formula is C28H35N3. The molecule has 1 N–H and O–H groups in total. The van der Waals surface area contributed by atoms with E-state index in [0.29, 0.717) is 0 Å². The van der Waals surface area contributed by atoms with Crippen LogP contribution in [-0.2, 0) is 0 Å². The predicted molar refractivity (Wildman–Crippen MR) is 139 cm³/mol. The minimum atomic E-state index is -0.0911. The average molecular weight is 414 g/mol. The molecule has 3 nitrogen and oxygen atoms in total. The summed E-state index contributed by atoms with van der Waals surface area (Å²) in [6.07, 6.45) is 7.79. The zero-order valence-corrected chi connectivity index (χ0v) is 19.7. The van der Waals surface area contributed by atoms with Crippen LogP contribution in [0.4, 0.5) is 5.69 Å². The van der Waals surface area contributed by atoms with Crippen LogP contribution in [0.5, 0.6) is 0 Å². The molecule has 0 aliphatic carbocycles. The largest absolute Gasteiger partial charge is 0.360 e. The summed E-state index contributed by atoms with van der Waals surface area (Å²) in [4.78, 5) is 6.91. The van der Waals surface area contributed by atoms with E-state index in [1.54, 1.807) is 0 Å². The van der Waals surface area contributed by atoms with Gasteiger partial charge in [-0.25, -0.2) is 0 Å². The maximum absolute atomic E-state index is 4.79. The Balaban J connectivity index is 2.34. The second-order valence-corrected chi connectivity index (χ2v) is 7.93. The molecule has 0 saturated heterocycles. The van der Waals surface area contributed by atoms with E-state index in [-0.39, 0.29) is 6.17 Å². The molecule has 31 heavy (non-hydrogen) atoms. The van der Waals surface area contributed by atoms with Crippen LogP contribution in [0.25, 0.3) is 17.2 Å². The second-order valence-electron chi connectivity index (χ2n) is 7.93. The Kier molecular flexibility index (Phi) is 8.63. The summed E-state index contributed by atoms with van der Waals surface area (Å²) in [6, 6.07) is 14.8. The first kappa shape index (κ1) is 23.9. The first-order valence-corrected chi connectivity index (χ1v) is 10.6. The third-order valence-corrected chi connectivity index (χ3v) is 5.19. The summed E-state index contributed by atoms with van der Waals surface area (Å²) in [7, 11) is 2.05. The van der Waals surface area contributed by atoms with E-state index < -0.39 is 0 Å². The van der Waals surface area contributed by atoms with Gasteiger partial charge in [-0.15, -0.1) is 0 Å². The van der Waals surface area contributed by atoms with E-state index in [1.807, 2.05) is 52.4 Å². The molecular weight excluding hydrogens is 378 g/mol. The lowest BCUT2D eigenvalue weighted by molar-refractivity contribution is 0.434. The van der Waals surface area contributed by atoms with Crippen LogP contribution in [-0.4, -0.2) is 23.8 Å². The molecule has 0 bridgehead atoms. The van der Waals surface area contributed by atoms with Crippen molar-refractivity contribution in [2.24, 2.45) is 4.99 Å². The number of nitrogens with one attached hydrogen (secondary N) is 1. The highest BCUT2D eigenvalue weighted by Crippen LogP contribution is 2.24. The maximum Gasteiger partial charge on any atom is 0.138 e. The van der Waals surface area contributed by atoms with Crippen molar-refractivity contribution in [1.29, 1.82) is 0 Å². The number of anilines is 1. The number of rotatable bonds is 9. The SMILES string of the molecule is C=Cc1cc(NC(/C(C)=N/C=C(\C)c2ccc(C)cc2)N(C)/C=C\C)ccc1C(=C)C. The minimum absolute atomic E-state index is 0.0911. The fraction of sp³-hybridized carbons (Fsp3) is 0.250. The molecule has 0 fully saturated rings. The van der Waals surface area contributed by atoms with Crippen LogP contribution in [0.3, 0.4) is 0 Å². The summed E-state index contributed by atoms with van der Waals surface area (Å²) >= 11 is 0. The van der Waals surface area contributed by atoms with E-state index in [1.165, 1.54) is 11.1 Å². The van der Waals surface area contributed by atoms with Crippen LogP contribution < -0.4 is 5.32 Å². The van der Waals surface area contributed by atoms with Gasteiger partial charge in [-0.2, -0.15) is 0 Å². The van der Waals surface area contributed by atoms with Crippen molar-refractivity contribution in [3.63, 3.8) is 0 Å². The van der Waals surface area contributed by atoms with Crippen molar-refractivity contribution in [3.05, 3.63) is 96.4 Å². The predicted octanol–water partition coefficient (Wildman–Crippen LogP) is 7.40. The topological polar surface area (TPSA) is 27.6 Å². The molecule has 2 rings (SSSR count). The zero-order valence-electron chi connectivity index (χ0n) is 19.7. The molecule has 3 heteroatoms. The van der Waals surface area contributed by atoms with Crippen molar-refractivity contribution in [2.45, 2.75) is 40.8 Å². The van der Waals surface area contributed by atoms with Gasteiger partial charge in [-0.1, -0.05) is 66.8 Å². The average Bonchev–Trinajstić information content (AvgIpc) is 2.75. The highest BCUT2D eigenvalue weighted by atomic mass is 15.2. The third kappa shape index (κ3) is 6.58. The van der Waals surface area contributed by atoms with Crippen molar-refractivity contribution in [1.82, 2.24) is 4.90 Å². The van der Waals surface area contributed by atoms with Gasteiger partial charge in [0, 0.05) is 18.9 Å². The van der Waals surface area contributed by atoms with Crippen molar-refractivity contribution < 1.29 is 0 Å². The molecule has 0 radical (unpaired) electrons. The first-order chi connectivity index (χ1) is 14.8. The quantitative estimate of drug-likeness (QED) is 0.343. The standard InChI is InChI=1S/C28H35N3/c1-9-17-31(8)28(30-26-15-16-27(20(3)4)24(10-2)18-26)23(7)29-19-22(6)25-13-11-21(5)12-14-25/h9-19,28,30H,2-3H2,1,4-8H3/b17-9-,22-19+,29-23+. The molecule has 0 amide bonds. The molecule has 0 spiro atoms. The van der Waals surface area contributed by atoms with Gasteiger partial charge in [0.1, 0.15) is 6.17 Å². The van der Waals surface area contributed by atoms with E-state index in [0.717, 1.165) is 33.7 Å². The Morgan fingerprint density at radius 2 is 1.77 bits per heavy atom. The molecule has 0 saturated carbocycles. The van der Waals surface area contributed by atoms with E-state index in [9.17, 15) is 0 Å². The van der Waals surface area contributed by atoms with Gasteiger partial charge in [0.15, 0.2) is 0 Å². The Morgan fingerprint density at radius 3 is 2.35 bits per heavy atom. The van der Waals surface area contributed by atoms with Crippen molar-refractivity contribution in [3.8, 4) is 0 Å². The van der Waals surface area contributed by atoms with Gasteiger partial charge in [-0.3, -0.25) is 4.99 Å². The molecule has 2 aromatic rings. The van der Waals surface area contributed by atoms with Crippen molar-refractivity contribution >= 4 is 28.6 Å². The lowest BCUT2D eigenvalue weighted by Gasteiger charge is -2.29. The van der Waals surface area contributed by atoms with Gasteiger partial charge in [0.25, 0.3) is 0 Å². The zero-order chi connectivity index (χ0) is 23.0. The number of hydrogen-bond donors (Lipinski definition) is 1. The molecule has 0 aromatic heterocycles. The van der Waals surface area contributed by atoms with E-state index >= 15 is 0 Å². The number of aryl methyl sites for hydroxylation is 1. The summed E-state index contributed by atoms with van der Waals surface area (Å²) < 4.78 is 0. The van der Waals surface area contributed by atoms with E-state index in [2.05, 4.69) is 79.7 Å². The first-order valence-electron chi connectivity index (χ1n) is 10.6. The number of nitrogens with zero attached hydrogens (tertiary/aromatic N) is 2. The summed E-state index contributed by atoms with van der Waals surface area (Å²) in [5.41, 5.74) is 8.75. The van der Waals surface area contributed by atoms with Gasteiger partial charge >= 0.3 is 0 Å². The van der Waals surface area contributed by atoms with Crippen LogP contribution in [0.15, 0.2) is 79.1 Å². The maximum atomic E-state index is 4.79. The minimum Gasteiger partial charge on any atom is -0.360 e. The number of allylic oxidation sites excluding steroid dienone is 3. The molecule has 0 heterocycles. The van der Waals surface area contributed by atoms with Crippen molar-refractivity contribution in [2.75, 3.05) is 12.4 Å². The lowest BCUT2D eigenvalue weighted by Crippen LogP contribution is -2.40. The number of aliphatic imine (C=N–C) groups is 1. The number of benzene rings is 2. The Morgan fingerprint density at radius 1 is 1.10 bits per heavy atom. The monoisotopic (exact) mass is 413 g/mol. The summed E-state index contributed by atoms with van der Waals surface area (Å²) in [6.45, 7) is 18.3. The normalized spacial score (nSPS) is 13.2. The van der Waals surface area contributed by atoms with Gasteiger partial charge < -0.3 is 10.2 Å². The molecule has 2 aromatic carbocycles. The van der Waals surface area contributed by atoms with Gasteiger partial charge in [-0.05, 0) is 75.2 Å². The van der Waals surface area contributed by atoms with Crippen LogP contribution >= 0.6 is 0 Å². The fourth-order valence-corrected chi connectivity index (χ4v) is 3.35. The summed E-state index contributed by atoms with van der Waals surface area (Å²) in [5.74, 6) is 0. The molecule has 0 aliphatic heterocycles. The van der Waals surface area contributed by atoms with E-state index in [4.69, 9.17) is 4.99 Å². The molecule has 1 unspecified atom stereocenters. The van der Waals surface area contributed by atoms with Gasteiger partial charge in [0.05, 0.1) is 5.71 Å². The molecule has 1 atom stereocenters.